The van der Waals surface area contributed by atoms with Gasteiger partial charge in [0.05, 0.1) is 14.2 Å². The summed E-state index contributed by atoms with van der Waals surface area (Å²) in [6.45, 7) is 4.40. The average Bonchev–Trinajstić information content (AvgIpc) is 2.74. The van der Waals surface area contributed by atoms with Crippen LogP contribution in [0.1, 0.15) is 22.3 Å². The molecule has 0 amide bonds. The first-order valence-corrected chi connectivity index (χ1v) is 9.48. The fourth-order valence-electron chi connectivity index (χ4n) is 2.97. The predicted molar refractivity (Wildman–Crippen MR) is 111 cm³/mol. The Morgan fingerprint density at radius 1 is 0.679 bits per heavy atom. The molecule has 0 radical (unpaired) electrons. The van der Waals surface area contributed by atoms with Crippen molar-refractivity contribution >= 4 is 0 Å². The molecule has 0 aliphatic carbocycles. The molecule has 0 unspecified atom stereocenters. The van der Waals surface area contributed by atoms with Gasteiger partial charge < -0.3 is 19.5 Å². The third kappa shape index (κ3) is 5.51. The fraction of sp³-hybridized carbons (Fsp3) is 0.250. The highest BCUT2D eigenvalue weighted by molar-refractivity contribution is 5.43. The Labute approximate surface area is 167 Å². The van der Waals surface area contributed by atoms with E-state index in [-0.39, 0.29) is 0 Å². The van der Waals surface area contributed by atoms with Crippen molar-refractivity contribution in [1.82, 2.24) is 0 Å². The van der Waals surface area contributed by atoms with Crippen molar-refractivity contribution in [3.05, 3.63) is 89.0 Å². The van der Waals surface area contributed by atoms with E-state index in [0.717, 1.165) is 35.9 Å². The van der Waals surface area contributed by atoms with Gasteiger partial charge in [0.15, 0.2) is 11.5 Å². The molecule has 0 atom stereocenters. The molecule has 3 rings (SSSR count). The molecule has 0 aromatic heterocycles. The first-order valence-electron chi connectivity index (χ1n) is 9.48. The Kier molecular flexibility index (Phi) is 6.93. The lowest BCUT2D eigenvalue weighted by Gasteiger charge is -2.12. The van der Waals surface area contributed by atoms with Crippen LogP contribution < -0.4 is 19.5 Å². The number of methoxy groups -OCH3 is 2. The Morgan fingerprint density at radius 3 is 2.00 bits per heavy atom. The predicted octanol–water partition coefficient (Wildman–Crippen LogP) is 3.85. The van der Waals surface area contributed by atoms with Crippen LogP contribution in [0, 0.1) is 6.92 Å². The Bertz CT molecular complexity index is 873. The fourth-order valence-corrected chi connectivity index (χ4v) is 2.97. The molecule has 4 heteroatoms. The SMILES string of the molecule is COc1ccc(C[NH2+]Cc2ccc(OCc3ccc(C)cc3)c(OC)c2)cc1. The highest BCUT2D eigenvalue weighted by Gasteiger charge is 2.08. The lowest BCUT2D eigenvalue weighted by atomic mass is 10.1. The number of quaternary nitrogens is 1. The van der Waals surface area contributed by atoms with E-state index >= 15 is 0 Å². The minimum atomic E-state index is 0.527. The summed E-state index contributed by atoms with van der Waals surface area (Å²) in [6.07, 6.45) is 0. The highest BCUT2D eigenvalue weighted by atomic mass is 16.5. The van der Waals surface area contributed by atoms with Crippen LogP contribution in [0.4, 0.5) is 0 Å². The number of rotatable bonds is 9. The molecule has 0 heterocycles. The van der Waals surface area contributed by atoms with E-state index in [1.165, 1.54) is 16.7 Å². The van der Waals surface area contributed by atoms with Crippen LogP contribution in [0.2, 0.25) is 0 Å². The summed E-state index contributed by atoms with van der Waals surface area (Å²) in [7, 11) is 3.36. The Morgan fingerprint density at radius 2 is 1.32 bits per heavy atom. The average molecular weight is 378 g/mol. The van der Waals surface area contributed by atoms with E-state index in [1.807, 2.05) is 18.2 Å². The maximum atomic E-state index is 5.96. The summed E-state index contributed by atoms with van der Waals surface area (Å²) >= 11 is 0. The number of aryl methyl sites for hydroxylation is 1. The van der Waals surface area contributed by atoms with E-state index in [4.69, 9.17) is 14.2 Å². The second-order valence-electron chi connectivity index (χ2n) is 6.80. The highest BCUT2D eigenvalue weighted by Crippen LogP contribution is 2.28. The van der Waals surface area contributed by atoms with Gasteiger partial charge in [-0.2, -0.15) is 0 Å². The van der Waals surface area contributed by atoms with Crippen molar-refractivity contribution in [2.75, 3.05) is 14.2 Å². The maximum Gasteiger partial charge on any atom is 0.161 e. The summed E-state index contributed by atoms with van der Waals surface area (Å²) in [5.74, 6) is 2.42. The van der Waals surface area contributed by atoms with Crippen LogP contribution >= 0.6 is 0 Å². The van der Waals surface area contributed by atoms with Gasteiger partial charge in [0, 0.05) is 11.1 Å². The zero-order chi connectivity index (χ0) is 19.8. The smallest absolute Gasteiger partial charge is 0.161 e. The van der Waals surface area contributed by atoms with Gasteiger partial charge in [-0.05, 0) is 55.0 Å². The van der Waals surface area contributed by atoms with Crippen molar-refractivity contribution in [2.24, 2.45) is 0 Å². The second-order valence-corrected chi connectivity index (χ2v) is 6.80. The minimum absolute atomic E-state index is 0.527. The van der Waals surface area contributed by atoms with Gasteiger partial charge in [-0.15, -0.1) is 0 Å². The molecule has 2 N–H and O–H groups in total. The lowest BCUT2D eigenvalue weighted by Crippen LogP contribution is -2.80. The standard InChI is InChI=1S/C24H27NO3/c1-18-4-6-20(7-5-18)17-28-23-13-10-21(14-24(23)27-3)16-25-15-19-8-11-22(26-2)12-9-19/h4-14,25H,15-17H2,1-3H3/p+1. The Balaban J connectivity index is 1.55. The maximum absolute atomic E-state index is 5.96. The van der Waals surface area contributed by atoms with E-state index < -0.39 is 0 Å². The van der Waals surface area contributed by atoms with Crippen LogP contribution in [0.3, 0.4) is 0 Å². The van der Waals surface area contributed by atoms with Gasteiger partial charge in [-0.3, -0.25) is 0 Å². The zero-order valence-electron chi connectivity index (χ0n) is 16.8. The summed E-state index contributed by atoms with van der Waals surface area (Å²) in [5.41, 5.74) is 4.86. The third-order valence-corrected chi connectivity index (χ3v) is 4.66. The summed E-state index contributed by atoms with van der Waals surface area (Å²) in [6, 6.07) is 22.7. The van der Waals surface area contributed by atoms with Crippen molar-refractivity contribution in [1.29, 1.82) is 0 Å². The van der Waals surface area contributed by atoms with E-state index in [9.17, 15) is 0 Å². The third-order valence-electron chi connectivity index (χ3n) is 4.66. The molecule has 0 spiro atoms. The number of ether oxygens (including phenoxy) is 3. The monoisotopic (exact) mass is 378 g/mol. The summed E-state index contributed by atoms with van der Waals surface area (Å²) in [5, 5.41) is 2.27. The molecule has 3 aromatic carbocycles. The quantitative estimate of drug-likeness (QED) is 0.615. The van der Waals surface area contributed by atoms with Crippen LogP contribution in [0.5, 0.6) is 17.2 Å². The first-order chi connectivity index (χ1) is 13.7. The largest absolute Gasteiger partial charge is 0.497 e. The van der Waals surface area contributed by atoms with Crippen molar-refractivity contribution < 1.29 is 19.5 Å². The molecule has 3 aromatic rings. The van der Waals surface area contributed by atoms with Crippen molar-refractivity contribution in [3.63, 3.8) is 0 Å². The van der Waals surface area contributed by atoms with Crippen LogP contribution in [0.15, 0.2) is 66.7 Å². The van der Waals surface area contributed by atoms with Crippen LogP contribution in [-0.2, 0) is 19.7 Å². The van der Waals surface area contributed by atoms with E-state index in [1.54, 1.807) is 14.2 Å². The lowest BCUT2D eigenvalue weighted by molar-refractivity contribution is -0.686. The molecule has 146 valence electrons. The van der Waals surface area contributed by atoms with Gasteiger partial charge in [0.2, 0.25) is 0 Å². The molecule has 0 saturated heterocycles. The van der Waals surface area contributed by atoms with Gasteiger partial charge in [-0.1, -0.05) is 29.8 Å². The molecule has 4 nitrogen and oxygen atoms in total. The van der Waals surface area contributed by atoms with Crippen molar-refractivity contribution in [2.45, 2.75) is 26.6 Å². The van der Waals surface area contributed by atoms with Gasteiger partial charge >= 0.3 is 0 Å². The van der Waals surface area contributed by atoms with E-state index in [2.05, 4.69) is 60.8 Å². The molecule has 0 bridgehead atoms. The molecule has 0 fully saturated rings. The van der Waals surface area contributed by atoms with Crippen LogP contribution in [0.25, 0.3) is 0 Å². The Hall–Kier alpha value is -2.98. The normalized spacial score (nSPS) is 10.5. The number of benzene rings is 3. The molecule has 0 saturated carbocycles. The first kappa shape index (κ1) is 19.8. The molecule has 0 aliphatic heterocycles. The van der Waals surface area contributed by atoms with E-state index in [0.29, 0.717) is 6.61 Å². The van der Waals surface area contributed by atoms with Crippen molar-refractivity contribution in [3.8, 4) is 17.2 Å². The molecule has 0 aliphatic rings. The molecule has 28 heavy (non-hydrogen) atoms. The van der Waals surface area contributed by atoms with Gasteiger partial charge in [-0.25, -0.2) is 0 Å². The van der Waals surface area contributed by atoms with Crippen LogP contribution in [-0.4, -0.2) is 14.2 Å². The topological polar surface area (TPSA) is 44.3 Å². The number of hydrogen-bond donors (Lipinski definition) is 1. The zero-order valence-corrected chi connectivity index (χ0v) is 16.8. The van der Waals surface area contributed by atoms with Gasteiger partial charge in [0.1, 0.15) is 25.4 Å². The molecular weight excluding hydrogens is 350 g/mol. The minimum Gasteiger partial charge on any atom is -0.497 e. The summed E-state index contributed by atoms with van der Waals surface area (Å²) < 4.78 is 16.7. The van der Waals surface area contributed by atoms with Gasteiger partial charge in [0.25, 0.3) is 0 Å². The second kappa shape index (κ2) is 9.81. The molecular formula is C24H28NO3+. The number of hydrogen-bond acceptors (Lipinski definition) is 3. The number of nitrogens with two attached hydrogens (primary N) is 1. The summed E-state index contributed by atoms with van der Waals surface area (Å²) in [4.78, 5) is 0.